The van der Waals surface area contributed by atoms with Gasteiger partial charge in [-0.2, -0.15) is 0 Å². The summed E-state index contributed by atoms with van der Waals surface area (Å²) in [5, 5.41) is 13.3. The van der Waals surface area contributed by atoms with E-state index in [1.54, 1.807) is 13.1 Å². The van der Waals surface area contributed by atoms with Crippen LogP contribution >= 0.6 is 12.6 Å². The largest absolute Gasteiger partial charge is 0.507 e. The van der Waals surface area contributed by atoms with Crippen molar-refractivity contribution in [2.24, 2.45) is 10.4 Å². The van der Waals surface area contributed by atoms with Crippen LogP contribution in [-0.2, 0) is 0 Å². The van der Waals surface area contributed by atoms with E-state index in [1.807, 2.05) is 0 Å². The number of carbonyl (C=O) groups is 1. The number of aromatic nitrogens is 1. The molecule has 1 amide bonds. The van der Waals surface area contributed by atoms with Crippen molar-refractivity contribution in [2.45, 2.75) is 43.2 Å². The lowest BCUT2D eigenvalue weighted by Gasteiger charge is -2.70. The van der Waals surface area contributed by atoms with E-state index < -0.39 is 11.5 Å². The summed E-state index contributed by atoms with van der Waals surface area (Å²) < 4.78 is 0. The number of thiol groups is 1. The topological polar surface area (TPSA) is 94.5 Å². The highest BCUT2D eigenvalue weighted by Gasteiger charge is 2.70. The quantitative estimate of drug-likeness (QED) is 0.625. The molecule has 0 unspecified atom stereocenters. The fraction of sp³-hybridized carbons (Fsp3) is 0.389. The number of aliphatic imine (C=N–C) groups is 1. The maximum Gasteiger partial charge on any atom is 0.265 e. The number of rotatable bonds is 3. The van der Waals surface area contributed by atoms with Crippen molar-refractivity contribution < 1.29 is 9.90 Å². The van der Waals surface area contributed by atoms with Gasteiger partial charge in [-0.25, -0.2) is 0 Å². The van der Waals surface area contributed by atoms with Crippen LogP contribution in [0, 0.1) is 12.3 Å². The Morgan fingerprint density at radius 2 is 2.12 bits per heavy atom. The molecule has 3 N–H and O–H groups in total. The van der Waals surface area contributed by atoms with Crippen LogP contribution in [0.3, 0.4) is 0 Å². The van der Waals surface area contributed by atoms with E-state index in [0.29, 0.717) is 5.56 Å². The maximum absolute atomic E-state index is 12.5. The highest BCUT2D eigenvalue weighted by molar-refractivity contribution is 7.80. The van der Waals surface area contributed by atoms with Gasteiger partial charge in [-0.05, 0) is 38.2 Å². The van der Waals surface area contributed by atoms with Gasteiger partial charge in [0, 0.05) is 28.4 Å². The lowest BCUT2D eigenvalue weighted by atomic mass is 9.38. The zero-order chi connectivity index (χ0) is 18.0. The van der Waals surface area contributed by atoms with Gasteiger partial charge < -0.3 is 15.4 Å². The first-order valence-electron chi connectivity index (χ1n) is 8.15. The first-order chi connectivity index (χ1) is 11.8. The Kier molecular flexibility index (Phi) is 3.31. The number of nitrogens with zero attached hydrogens (tertiary/aromatic N) is 1. The molecule has 25 heavy (non-hydrogen) atoms. The SMILES string of the molecule is C=C1C=NC(C23CC(NC(=O)c4c(O)c(C)c(S)[nH]c4=O)(C2)C3)=CC1. The molecule has 7 heteroatoms. The molecule has 0 spiro atoms. The summed E-state index contributed by atoms with van der Waals surface area (Å²) in [5.41, 5.74) is 1.32. The Morgan fingerprint density at radius 1 is 1.44 bits per heavy atom. The number of aromatic hydroxyl groups is 1. The lowest BCUT2D eigenvalue weighted by Crippen LogP contribution is -2.75. The molecule has 3 aliphatic carbocycles. The molecule has 3 fully saturated rings. The zero-order valence-corrected chi connectivity index (χ0v) is 14.7. The van der Waals surface area contributed by atoms with Crippen molar-refractivity contribution in [1.82, 2.24) is 10.3 Å². The van der Waals surface area contributed by atoms with Gasteiger partial charge >= 0.3 is 0 Å². The average Bonchev–Trinajstić information content (AvgIpc) is 2.48. The van der Waals surface area contributed by atoms with E-state index >= 15 is 0 Å². The van der Waals surface area contributed by atoms with Gasteiger partial charge in [0.2, 0.25) is 0 Å². The molecule has 1 aromatic rings. The minimum Gasteiger partial charge on any atom is -0.507 e. The van der Waals surface area contributed by atoms with Crippen LogP contribution in [0.4, 0.5) is 0 Å². The Bertz CT molecular complexity index is 922. The van der Waals surface area contributed by atoms with Crippen molar-refractivity contribution in [2.75, 3.05) is 0 Å². The number of pyridine rings is 1. The predicted molar refractivity (Wildman–Crippen MR) is 97.5 cm³/mol. The standard InChI is InChI=1S/C18H19N3O3S/c1-9-3-4-11(19-5-9)17-6-18(7-17,8-17)21-15(24)12-13(22)10(2)16(25)20-14(12)23/h4-5H,1,3,6-8H2,2H3,(H,21,24)(H3,20,22,23,25). The van der Waals surface area contributed by atoms with Gasteiger partial charge in [0.1, 0.15) is 11.3 Å². The van der Waals surface area contributed by atoms with Gasteiger partial charge in [0.05, 0.1) is 5.03 Å². The third kappa shape index (κ3) is 2.29. The third-order valence-electron chi connectivity index (χ3n) is 5.53. The first-order valence-corrected chi connectivity index (χ1v) is 8.60. The Balaban J connectivity index is 1.49. The highest BCUT2D eigenvalue weighted by atomic mass is 32.1. The zero-order valence-electron chi connectivity index (χ0n) is 13.8. The summed E-state index contributed by atoms with van der Waals surface area (Å²) in [5.74, 6) is -0.858. The van der Waals surface area contributed by atoms with E-state index in [1.165, 1.54) is 0 Å². The first kappa shape index (κ1) is 16.2. The molecule has 0 atom stereocenters. The molecule has 0 saturated heterocycles. The normalized spacial score (nSPS) is 29.5. The number of aromatic amines is 1. The van der Waals surface area contributed by atoms with E-state index in [9.17, 15) is 14.7 Å². The molecule has 2 bridgehead atoms. The second-order valence-corrected chi connectivity index (χ2v) is 7.85. The number of carbonyl (C=O) groups excluding carboxylic acids is 1. The van der Waals surface area contributed by atoms with Crippen LogP contribution < -0.4 is 10.9 Å². The summed E-state index contributed by atoms with van der Waals surface area (Å²) in [4.78, 5) is 31.5. The van der Waals surface area contributed by atoms with Crippen LogP contribution in [0.5, 0.6) is 5.75 Å². The number of allylic oxidation sites excluding steroid dienone is 3. The third-order valence-corrected chi connectivity index (χ3v) is 5.98. The van der Waals surface area contributed by atoms with Crippen molar-refractivity contribution in [3.8, 4) is 5.75 Å². The molecule has 0 radical (unpaired) electrons. The second kappa shape index (κ2) is 5.11. The van der Waals surface area contributed by atoms with Crippen LogP contribution in [0.1, 0.15) is 41.6 Å². The molecule has 2 heterocycles. The Morgan fingerprint density at radius 3 is 2.72 bits per heavy atom. The van der Waals surface area contributed by atoms with Crippen molar-refractivity contribution >= 4 is 24.8 Å². The van der Waals surface area contributed by atoms with Gasteiger partial charge in [-0.15, -0.1) is 12.6 Å². The molecule has 1 aliphatic heterocycles. The molecule has 0 aromatic carbocycles. The molecule has 6 nitrogen and oxygen atoms in total. The lowest BCUT2D eigenvalue weighted by molar-refractivity contribution is -0.119. The van der Waals surface area contributed by atoms with Crippen molar-refractivity contribution in [3.63, 3.8) is 0 Å². The second-order valence-electron chi connectivity index (χ2n) is 7.41. The van der Waals surface area contributed by atoms with E-state index in [0.717, 1.165) is 37.0 Å². The fourth-order valence-corrected chi connectivity index (χ4v) is 4.43. The van der Waals surface area contributed by atoms with Gasteiger partial charge in [-0.3, -0.25) is 14.6 Å². The van der Waals surface area contributed by atoms with E-state index in [4.69, 9.17) is 0 Å². The Labute approximate surface area is 150 Å². The van der Waals surface area contributed by atoms with Crippen LogP contribution in [-0.4, -0.2) is 27.8 Å². The predicted octanol–water partition coefficient (Wildman–Crippen LogP) is 2.24. The van der Waals surface area contributed by atoms with Crippen LogP contribution in [0.2, 0.25) is 0 Å². The Hall–Kier alpha value is -2.28. The van der Waals surface area contributed by atoms with E-state index in [2.05, 4.69) is 40.6 Å². The van der Waals surface area contributed by atoms with Gasteiger partial charge in [0.25, 0.3) is 11.5 Å². The minimum atomic E-state index is -0.634. The van der Waals surface area contributed by atoms with Crippen LogP contribution in [0.15, 0.2) is 38.7 Å². The van der Waals surface area contributed by atoms with Crippen molar-refractivity contribution in [3.05, 3.63) is 45.4 Å². The number of hydrogen-bond acceptors (Lipinski definition) is 5. The van der Waals surface area contributed by atoms with Crippen LogP contribution in [0.25, 0.3) is 0 Å². The molecule has 4 aliphatic rings. The monoisotopic (exact) mass is 357 g/mol. The number of nitrogens with one attached hydrogen (secondary N) is 2. The number of hydrogen-bond donors (Lipinski definition) is 4. The number of amides is 1. The molecular formula is C18H19N3O3S. The summed E-state index contributed by atoms with van der Waals surface area (Å²) >= 11 is 4.08. The molecule has 1 aromatic heterocycles. The molecule has 130 valence electrons. The smallest absolute Gasteiger partial charge is 0.265 e. The molecule has 5 rings (SSSR count). The highest BCUT2D eigenvalue weighted by Crippen LogP contribution is 2.71. The number of H-pyrrole nitrogens is 1. The average molecular weight is 357 g/mol. The van der Waals surface area contributed by atoms with Gasteiger partial charge in [0.15, 0.2) is 0 Å². The van der Waals surface area contributed by atoms with E-state index in [-0.39, 0.29) is 27.3 Å². The molecular weight excluding hydrogens is 338 g/mol. The summed E-state index contributed by atoms with van der Waals surface area (Å²) in [6.07, 6.45) is 7.16. The summed E-state index contributed by atoms with van der Waals surface area (Å²) in [6, 6.07) is 0. The fourth-order valence-electron chi connectivity index (χ4n) is 4.22. The van der Waals surface area contributed by atoms with Gasteiger partial charge in [-0.1, -0.05) is 12.7 Å². The molecule has 3 saturated carbocycles. The summed E-state index contributed by atoms with van der Waals surface area (Å²) in [6.45, 7) is 5.49. The van der Waals surface area contributed by atoms with Crippen molar-refractivity contribution in [1.29, 1.82) is 0 Å². The summed E-state index contributed by atoms with van der Waals surface area (Å²) in [7, 11) is 0. The maximum atomic E-state index is 12.5. The minimum absolute atomic E-state index is 0.0455.